The van der Waals surface area contributed by atoms with Crippen LogP contribution in [0.3, 0.4) is 0 Å². The summed E-state index contributed by atoms with van der Waals surface area (Å²) in [5.74, 6) is 0.923. The highest BCUT2D eigenvalue weighted by molar-refractivity contribution is 6.35. The fourth-order valence-electron chi connectivity index (χ4n) is 2.85. The summed E-state index contributed by atoms with van der Waals surface area (Å²) in [5.41, 5.74) is 0.762. The number of aryl methyl sites for hydroxylation is 1. The molecule has 0 aliphatic carbocycles. The fourth-order valence-corrected chi connectivity index (χ4v) is 3.36. The van der Waals surface area contributed by atoms with Crippen molar-refractivity contribution in [3.8, 4) is 0 Å². The van der Waals surface area contributed by atoms with Gasteiger partial charge < -0.3 is 18.8 Å². The van der Waals surface area contributed by atoms with Crippen LogP contribution in [0, 0.1) is 0 Å². The van der Waals surface area contributed by atoms with Crippen molar-refractivity contribution < 1.29 is 18.7 Å². The number of hydrogen-bond donors (Lipinski definition) is 0. The van der Waals surface area contributed by atoms with Gasteiger partial charge in [0.2, 0.25) is 5.91 Å². The molecule has 0 bridgehead atoms. The summed E-state index contributed by atoms with van der Waals surface area (Å²) < 4.78 is 16.7. The smallest absolute Gasteiger partial charge is 0.223 e. The van der Waals surface area contributed by atoms with E-state index in [0.717, 1.165) is 11.3 Å². The van der Waals surface area contributed by atoms with Gasteiger partial charge in [-0.2, -0.15) is 0 Å². The topological polar surface area (TPSA) is 51.9 Å². The zero-order valence-electron chi connectivity index (χ0n) is 14.3. The zero-order valence-corrected chi connectivity index (χ0v) is 15.8. The molecule has 5 nitrogen and oxygen atoms in total. The molecule has 0 spiro atoms. The first-order valence-electron chi connectivity index (χ1n) is 8.56. The van der Waals surface area contributed by atoms with Gasteiger partial charge in [-0.15, -0.1) is 0 Å². The van der Waals surface area contributed by atoms with Gasteiger partial charge in [-0.3, -0.25) is 4.79 Å². The van der Waals surface area contributed by atoms with E-state index in [-0.39, 0.29) is 12.0 Å². The van der Waals surface area contributed by atoms with E-state index < -0.39 is 0 Å². The van der Waals surface area contributed by atoms with Crippen LogP contribution in [-0.2, 0) is 27.3 Å². The molecule has 140 valence electrons. The third-order valence-corrected chi connectivity index (χ3v) is 4.98. The van der Waals surface area contributed by atoms with Crippen LogP contribution < -0.4 is 0 Å². The largest absolute Gasteiger partial charge is 0.469 e. The first-order chi connectivity index (χ1) is 12.6. The zero-order chi connectivity index (χ0) is 18.4. The molecule has 2 aromatic rings. The Morgan fingerprint density at radius 1 is 1.23 bits per heavy atom. The minimum atomic E-state index is -0.155. The van der Waals surface area contributed by atoms with Crippen molar-refractivity contribution in [2.75, 3.05) is 26.3 Å². The van der Waals surface area contributed by atoms with Crippen LogP contribution in [-0.4, -0.2) is 43.2 Å². The second-order valence-corrected chi connectivity index (χ2v) is 6.94. The number of nitrogens with zero attached hydrogens (tertiary/aromatic N) is 1. The molecule has 1 aliphatic rings. The lowest BCUT2D eigenvalue weighted by Crippen LogP contribution is -2.47. The van der Waals surface area contributed by atoms with Gasteiger partial charge in [0.15, 0.2) is 0 Å². The molecule has 1 atom stereocenters. The van der Waals surface area contributed by atoms with Gasteiger partial charge in [0, 0.05) is 41.5 Å². The normalized spacial score (nSPS) is 17.5. The third-order valence-electron chi connectivity index (χ3n) is 4.27. The molecule has 1 unspecified atom stereocenters. The van der Waals surface area contributed by atoms with E-state index >= 15 is 0 Å². The number of amides is 1. The minimum absolute atomic E-state index is 0.101. The number of carbonyl (C=O) groups is 1. The summed E-state index contributed by atoms with van der Waals surface area (Å²) in [4.78, 5) is 14.2. The van der Waals surface area contributed by atoms with Crippen molar-refractivity contribution in [2.45, 2.75) is 25.6 Å². The summed E-state index contributed by atoms with van der Waals surface area (Å²) >= 11 is 12.3. The number of morpholine rings is 1. The molecule has 1 aromatic heterocycles. The number of halogens is 2. The highest BCUT2D eigenvalue weighted by atomic mass is 35.5. The van der Waals surface area contributed by atoms with Gasteiger partial charge in [0.25, 0.3) is 0 Å². The van der Waals surface area contributed by atoms with Crippen LogP contribution in [0.1, 0.15) is 17.7 Å². The predicted molar refractivity (Wildman–Crippen MR) is 99.5 cm³/mol. The van der Waals surface area contributed by atoms with Gasteiger partial charge in [0.1, 0.15) is 5.76 Å². The summed E-state index contributed by atoms with van der Waals surface area (Å²) in [6.45, 7) is 2.32. The van der Waals surface area contributed by atoms with E-state index in [1.54, 1.807) is 24.5 Å². The molecule has 0 radical (unpaired) electrons. The molecule has 1 saturated heterocycles. The number of benzene rings is 1. The SMILES string of the molecule is O=C(CCc1ccco1)N1CCOC(COCc2c(Cl)cccc2Cl)C1. The Hall–Kier alpha value is -1.53. The van der Waals surface area contributed by atoms with Crippen LogP contribution in [0.4, 0.5) is 0 Å². The second-order valence-electron chi connectivity index (χ2n) is 6.13. The van der Waals surface area contributed by atoms with Crippen LogP contribution in [0.25, 0.3) is 0 Å². The van der Waals surface area contributed by atoms with Gasteiger partial charge in [-0.05, 0) is 24.3 Å². The average Bonchev–Trinajstić information content (AvgIpc) is 3.16. The maximum Gasteiger partial charge on any atom is 0.223 e. The Labute approximate surface area is 162 Å². The second kappa shape index (κ2) is 9.42. The predicted octanol–water partition coefficient (Wildman–Crippen LogP) is 3.96. The molecular weight excluding hydrogens is 377 g/mol. The average molecular weight is 398 g/mol. The number of hydrogen-bond acceptors (Lipinski definition) is 4. The fraction of sp³-hybridized carbons (Fsp3) is 0.421. The molecule has 3 rings (SSSR count). The van der Waals surface area contributed by atoms with Crippen LogP contribution in [0.5, 0.6) is 0 Å². The van der Waals surface area contributed by atoms with Crippen LogP contribution in [0.2, 0.25) is 10.0 Å². The highest BCUT2D eigenvalue weighted by Gasteiger charge is 2.24. The van der Waals surface area contributed by atoms with Gasteiger partial charge >= 0.3 is 0 Å². The van der Waals surface area contributed by atoms with Crippen molar-refractivity contribution in [3.05, 3.63) is 58.0 Å². The highest BCUT2D eigenvalue weighted by Crippen LogP contribution is 2.25. The van der Waals surface area contributed by atoms with Gasteiger partial charge in [-0.1, -0.05) is 29.3 Å². The van der Waals surface area contributed by atoms with E-state index in [0.29, 0.717) is 55.8 Å². The van der Waals surface area contributed by atoms with E-state index in [1.807, 2.05) is 17.0 Å². The number of carbonyl (C=O) groups excluding carboxylic acids is 1. The first-order valence-corrected chi connectivity index (χ1v) is 9.31. The minimum Gasteiger partial charge on any atom is -0.469 e. The van der Waals surface area contributed by atoms with Crippen molar-refractivity contribution in [3.63, 3.8) is 0 Å². The standard InChI is InChI=1S/C19H21Cl2NO4/c20-17-4-1-5-18(21)16(17)13-24-12-15-11-22(8-10-26-15)19(23)7-6-14-3-2-9-25-14/h1-5,9,15H,6-8,10-13H2. The van der Waals surface area contributed by atoms with E-state index in [4.69, 9.17) is 37.1 Å². The van der Waals surface area contributed by atoms with Crippen molar-refractivity contribution in [1.82, 2.24) is 4.90 Å². The molecule has 26 heavy (non-hydrogen) atoms. The molecule has 2 heterocycles. The Morgan fingerprint density at radius 3 is 2.77 bits per heavy atom. The molecule has 0 N–H and O–H groups in total. The van der Waals surface area contributed by atoms with E-state index in [9.17, 15) is 4.79 Å². The van der Waals surface area contributed by atoms with Crippen LogP contribution >= 0.6 is 23.2 Å². The lowest BCUT2D eigenvalue weighted by molar-refractivity contribution is -0.141. The lowest BCUT2D eigenvalue weighted by Gasteiger charge is -2.33. The maximum absolute atomic E-state index is 12.4. The van der Waals surface area contributed by atoms with E-state index in [1.165, 1.54) is 0 Å². The van der Waals surface area contributed by atoms with Gasteiger partial charge in [-0.25, -0.2) is 0 Å². The Bertz CT molecular complexity index is 700. The summed E-state index contributed by atoms with van der Waals surface area (Å²) in [6, 6.07) is 9.06. The summed E-state index contributed by atoms with van der Waals surface area (Å²) in [5, 5.41) is 1.16. The molecule has 0 saturated carbocycles. The third kappa shape index (κ3) is 5.24. The molecular formula is C19H21Cl2NO4. The Kier molecular flexibility index (Phi) is 6.97. The Balaban J connectivity index is 1.44. The monoisotopic (exact) mass is 397 g/mol. The van der Waals surface area contributed by atoms with E-state index in [2.05, 4.69) is 0 Å². The summed E-state index contributed by atoms with van der Waals surface area (Å²) in [7, 11) is 0. The Morgan fingerprint density at radius 2 is 2.04 bits per heavy atom. The summed E-state index contributed by atoms with van der Waals surface area (Å²) in [6.07, 6.45) is 2.50. The number of rotatable bonds is 7. The number of ether oxygens (including phenoxy) is 2. The molecule has 1 aliphatic heterocycles. The quantitative estimate of drug-likeness (QED) is 0.709. The van der Waals surface area contributed by atoms with Crippen molar-refractivity contribution in [1.29, 1.82) is 0 Å². The van der Waals surface area contributed by atoms with Crippen molar-refractivity contribution >= 4 is 29.1 Å². The number of furan rings is 1. The van der Waals surface area contributed by atoms with Crippen LogP contribution in [0.15, 0.2) is 41.0 Å². The van der Waals surface area contributed by atoms with Gasteiger partial charge in [0.05, 0.1) is 32.2 Å². The molecule has 1 amide bonds. The maximum atomic E-state index is 12.4. The molecule has 7 heteroatoms. The molecule has 1 fully saturated rings. The van der Waals surface area contributed by atoms with Crippen molar-refractivity contribution in [2.24, 2.45) is 0 Å². The first kappa shape index (κ1) is 19.2. The lowest BCUT2D eigenvalue weighted by atomic mass is 10.2. The molecule has 1 aromatic carbocycles.